The molecule has 7 heteroatoms. The Balaban J connectivity index is 1.96. The third-order valence-electron chi connectivity index (χ3n) is 5.34. The summed E-state index contributed by atoms with van der Waals surface area (Å²) in [4.78, 5) is 32.1. The first kappa shape index (κ1) is 24.0. The zero-order valence-electron chi connectivity index (χ0n) is 19.9. The fourth-order valence-electron chi connectivity index (χ4n) is 3.94. The molecule has 0 N–H and O–H groups in total. The average Bonchev–Trinajstić information content (AvgIpc) is 2.80. The molecular formula is C26H30N2O5. The van der Waals surface area contributed by atoms with Crippen LogP contribution in [0.4, 0.5) is 0 Å². The molecule has 0 bridgehead atoms. The van der Waals surface area contributed by atoms with E-state index in [9.17, 15) is 9.59 Å². The maximum absolute atomic E-state index is 13.1. The molecule has 33 heavy (non-hydrogen) atoms. The van der Waals surface area contributed by atoms with Crippen molar-refractivity contribution in [1.29, 1.82) is 0 Å². The molecule has 0 atom stereocenters. The minimum Gasteiger partial charge on any atom is -0.493 e. The summed E-state index contributed by atoms with van der Waals surface area (Å²) < 4.78 is 16.2. The molecule has 1 heterocycles. The highest BCUT2D eigenvalue weighted by molar-refractivity contribution is 6.05. The van der Waals surface area contributed by atoms with Crippen molar-refractivity contribution >= 4 is 22.8 Å². The van der Waals surface area contributed by atoms with Gasteiger partial charge >= 0.3 is 5.97 Å². The van der Waals surface area contributed by atoms with Crippen LogP contribution in [0.5, 0.6) is 11.5 Å². The number of carbonyl (C=O) groups excluding carboxylic acids is 2. The van der Waals surface area contributed by atoms with Gasteiger partial charge in [-0.25, -0.2) is 9.78 Å². The molecule has 3 rings (SSSR count). The molecule has 0 saturated carbocycles. The molecule has 0 radical (unpaired) electrons. The number of fused-ring (bicyclic) bond motifs is 1. The highest BCUT2D eigenvalue weighted by Crippen LogP contribution is 2.33. The van der Waals surface area contributed by atoms with E-state index in [1.165, 1.54) is 0 Å². The molecule has 0 saturated heterocycles. The van der Waals surface area contributed by atoms with E-state index in [1.807, 2.05) is 58.0 Å². The number of para-hydroxylation sites is 1. The van der Waals surface area contributed by atoms with Gasteiger partial charge in [-0.15, -0.1) is 0 Å². The Labute approximate surface area is 194 Å². The van der Waals surface area contributed by atoms with Crippen molar-refractivity contribution < 1.29 is 23.8 Å². The molecule has 2 aromatic carbocycles. The number of aromatic nitrogens is 1. The molecule has 0 aliphatic carbocycles. The van der Waals surface area contributed by atoms with Crippen LogP contribution < -0.4 is 9.47 Å². The van der Waals surface area contributed by atoms with E-state index in [4.69, 9.17) is 19.2 Å². The van der Waals surface area contributed by atoms with Crippen molar-refractivity contribution in [3.05, 3.63) is 54.1 Å². The molecule has 1 amide bonds. The number of ether oxygens (including phenoxy) is 3. The number of hydrogen-bond acceptors (Lipinski definition) is 6. The molecule has 3 aromatic rings. The lowest BCUT2D eigenvalue weighted by Gasteiger charge is -2.30. The highest BCUT2D eigenvalue weighted by atomic mass is 16.5. The first-order valence-corrected chi connectivity index (χ1v) is 10.9. The van der Waals surface area contributed by atoms with Crippen molar-refractivity contribution in [2.24, 2.45) is 0 Å². The van der Waals surface area contributed by atoms with Crippen LogP contribution in [0.1, 0.15) is 38.1 Å². The molecule has 0 aliphatic rings. The lowest BCUT2D eigenvalue weighted by atomic mass is 10.0. The molecule has 1 aromatic heterocycles. The Kier molecular flexibility index (Phi) is 7.53. The van der Waals surface area contributed by atoms with Gasteiger partial charge in [0.15, 0.2) is 18.1 Å². The third kappa shape index (κ3) is 5.25. The SMILES string of the molecule is COc1ccc(-c2cc(C(=O)OCC(=O)N(C(C)C)C(C)C)c3ccccc3n2)cc1OC. The number of amides is 1. The summed E-state index contributed by atoms with van der Waals surface area (Å²) in [5, 5.41) is 0.656. The Morgan fingerprint density at radius 3 is 2.21 bits per heavy atom. The Hall–Kier alpha value is -3.61. The number of nitrogens with zero attached hydrogens (tertiary/aromatic N) is 2. The summed E-state index contributed by atoms with van der Waals surface area (Å²) in [7, 11) is 3.13. The van der Waals surface area contributed by atoms with Gasteiger partial charge in [-0.05, 0) is 58.0 Å². The van der Waals surface area contributed by atoms with Crippen molar-refractivity contribution in [2.75, 3.05) is 20.8 Å². The lowest BCUT2D eigenvalue weighted by molar-refractivity contribution is -0.138. The van der Waals surface area contributed by atoms with Crippen LogP contribution in [0.15, 0.2) is 48.5 Å². The van der Waals surface area contributed by atoms with Crippen LogP contribution in [-0.4, -0.2) is 54.7 Å². The van der Waals surface area contributed by atoms with Gasteiger partial charge in [0.05, 0.1) is 31.0 Å². The smallest absolute Gasteiger partial charge is 0.339 e. The minimum absolute atomic E-state index is 0.00890. The number of methoxy groups -OCH3 is 2. The van der Waals surface area contributed by atoms with Crippen LogP contribution in [0.2, 0.25) is 0 Å². The summed E-state index contributed by atoms with van der Waals surface area (Å²) in [6.07, 6.45) is 0. The second-order valence-electron chi connectivity index (χ2n) is 8.21. The van der Waals surface area contributed by atoms with Crippen LogP contribution in [0.3, 0.4) is 0 Å². The molecule has 0 unspecified atom stereocenters. The summed E-state index contributed by atoms with van der Waals surface area (Å²) >= 11 is 0. The number of rotatable bonds is 8. The van der Waals surface area contributed by atoms with Gasteiger partial charge in [0.25, 0.3) is 5.91 Å². The third-order valence-corrected chi connectivity index (χ3v) is 5.34. The zero-order chi connectivity index (χ0) is 24.1. The maximum atomic E-state index is 13.1. The van der Waals surface area contributed by atoms with Crippen LogP contribution in [0.25, 0.3) is 22.2 Å². The molecule has 7 nitrogen and oxygen atoms in total. The number of carbonyl (C=O) groups is 2. The van der Waals surface area contributed by atoms with E-state index in [0.717, 1.165) is 5.56 Å². The summed E-state index contributed by atoms with van der Waals surface area (Å²) in [6, 6.07) is 14.5. The summed E-state index contributed by atoms with van der Waals surface area (Å²) in [5.41, 5.74) is 2.33. The number of esters is 1. The van der Waals surface area contributed by atoms with E-state index in [1.54, 1.807) is 37.3 Å². The first-order chi connectivity index (χ1) is 15.8. The topological polar surface area (TPSA) is 78.0 Å². The Morgan fingerprint density at radius 1 is 0.909 bits per heavy atom. The van der Waals surface area contributed by atoms with Crippen LogP contribution >= 0.6 is 0 Å². The van der Waals surface area contributed by atoms with E-state index in [2.05, 4.69) is 0 Å². The average molecular weight is 451 g/mol. The van der Waals surface area contributed by atoms with Gasteiger partial charge in [0, 0.05) is 23.0 Å². The molecule has 0 spiro atoms. The summed E-state index contributed by atoms with van der Waals surface area (Å²) in [5.74, 6) is 0.352. The predicted molar refractivity (Wildman–Crippen MR) is 128 cm³/mol. The van der Waals surface area contributed by atoms with Crippen LogP contribution in [-0.2, 0) is 9.53 Å². The van der Waals surface area contributed by atoms with Gasteiger partial charge in [-0.1, -0.05) is 18.2 Å². The molecule has 174 valence electrons. The van der Waals surface area contributed by atoms with E-state index in [0.29, 0.717) is 33.7 Å². The Bertz CT molecular complexity index is 1150. The van der Waals surface area contributed by atoms with E-state index < -0.39 is 5.97 Å². The number of pyridine rings is 1. The van der Waals surface area contributed by atoms with E-state index in [-0.39, 0.29) is 24.6 Å². The predicted octanol–water partition coefficient (Wildman–Crippen LogP) is 4.72. The van der Waals surface area contributed by atoms with E-state index >= 15 is 0 Å². The van der Waals surface area contributed by atoms with Crippen molar-refractivity contribution in [3.8, 4) is 22.8 Å². The van der Waals surface area contributed by atoms with Crippen LogP contribution in [0, 0.1) is 0 Å². The highest BCUT2D eigenvalue weighted by Gasteiger charge is 2.23. The van der Waals surface area contributed by atoms with Gasteiger partial charge in [-0.2, -0.15) is 0 Å². The maximum Gasteiger partial charge on any atom is 0.339 e. The van der Waals surface area contributed by atoms with Crippen molar-refractivity contribution in [3.63, 3.8) is 0 Å². The zero-order valence-corrected chi connectivity index (χ0v) is 19.9. The monoisotopic (exact) mass is 450 g/mol. The normalized spacial score (nSPS) is 11.0. The minimum atomic E-state index is -0.573. The van der Waals surface area contributed by atoms with Gasteiger partial charge < -0.3 is 19.1 Å². The van der Waals surface area contributed by atoms with Crippen molar-refractivity contribution in [2.45, 2.75) is 39.8 Å². The first-order valence-electron chi connectivity index (χ1n) is 10.9. The Morgan fingerprint density at radius 2 is 1.58 bits per heavy atom. The van der Waals surface area contributed by atoms with Crippen molar-refractivity contribution in [1.82, 2.24) is 9.88 Å². The quantitative estimate of drug-likeness (QED) is 0.462. The second-order valence-corrected chi connectivity index (χ2v) is 8.21. The molecular weight excluding hydrogens is 420 g/mol. The standard InChI is InChI=1S/C26H30N2O5/c1-16(2)28(17(3)4)25(29)15-33-26(30)20-14-22(27-21-10-8-7-9-19(20)21)18-11-12-23(31-5)24(13-18)32-6/h7-14,16-17H,15H2,1-6H3. The fourth-order valence-corrected chi connectivity index (χ4v) is 3.94. The largest absolute Gasteiger partial charge is 0.493 e. The second kappa shape index (κ2) is 10.3. The lowest BCUT2D eigenvalue weighted by Crippen LogP contribution is -2.44. The summed E-state index contributed by atoms with van der Waals surface area (Å²) in [6.45, 7) is 7.42. The van der Waals surface area contributed by atoms with Gasteiger partial charge in [0.1, 0.15) is 0 Å². The molecule has 0 aliphatic heterocycles. The fraction of sp³-hybridized carbons (Fsp3) is 0.346. The number of hydrogen-bond donors (Lipinski definition) is 0. The number of benzene rings is 2. The van der Waals surface area contributed by atoms with Gasteiger partial charge in [0.2, 0.25) is 0 Å². The van der Waals surface area contributed by atoms with Gasteiger partial charge in [-0.3, -0.25) is 4.79 Å². The molecule has 0 fully saturated rings.